The van der Waals surface area contributed by atoms with Crippen LogP contribution in [0, 0.1) is 0 Å². The van der Waals surface area contributed by atoms with E-state index in [4.69, 9.17) is 5.73 Å². The topological polar surface area (TPSA) is 68.0 Å². The van der Waals surface area contributed by atoms with E-state index in [1.807, 2.05) is 11.8 Å². The summed E-state index contributed by atoms with van der Waals surface area (Å²) in [5.74, 6) is 1.14. The molecule has 1 heterocycles. The van der Waals surface area contributed by atoms with Gasteiger partial charge in [-0.05, 0) is 37.1 Å². The lowest BCUT2D eigenvalue weighted by Crippen LogP contribution is -2.33. The SMILES string of the molecule is CCSC1CCC(NC(=O)c2ccnc(CN)c2)C1. The second kappa shape index (κ2) is 6.91. The van der Waals surface area contributed by atoms with Crippen molar-refractivity contribution in [3.63, 3.8) is 0 Å². The molecule has 0 radical (unpaired) electrons. The van der Waals surface area contributed by atoms with Gasteiger partial charge in [0.1, 0.15) is 0 Å². The summed E-state index contributed by atoms with van der Waals surface area (Å²) in [5, 5.41) is 3.82. The third-order valence-electron chi connectivity index (χ3n) is 3.41. The second-order valence-electron chi connectivity index (χ2n) is 4.80. The van der Waals surface area contributed by atoms with Gasteiger partial charge in [0.25, 0.3) is 5.91 Å². The Morgan fingerprint density at radius 1 is 1.58 bits per heavy atom. The highest BCUT2D eigenvalue weighted by Gasteiger charge is 2.25. The lowest BCUT2D eigenvalue weighted by molar-refractivity contribution is 0.0937. The molecular formula is C14H21N3OS. The van der Waals surface area contributed by atoms with Crippen molar-refractivity contribution >= 4 is 17.7 Å². The van der Waals surface area contributed by atoms with E-state index in [-0.39, 0.29) is 5.91 Å². The number of carbonyl (C=O) groups is 1. The van der Waals surface area contributed by atoms with Gasteiger partial charge in [-0.25, -0.2) is 0 Å². The fraction of sp³-hybridized carbons (Fsp3) is 0.571. The minimum atomic E-state index is -0.00996. The maximum atomic E-state index is 12.1. The Kier molecular flexibility index (Phi) is 5.22. The van der Waals surface area contributed by atoms with Gasteiger partial charge >= 0.3 is 0 Å². The maximum Gasteiger partial charge on any atom is 0.251 e. The second-order valence-corrected chi connectivity index (χ2v) is 6.38. The number of aromatic nitrogens is 1. The Hall–Kier alpha value is -1.07. The van der Waals surface area contributed by atoms with Crippen LogP contribution in [0.15, 0.2) is 18.3 Å². The summed E-state index contributed by atoms with van der Waals surface area (Å²) < 4.78 is 0. The Morgan fingerprint density at radius 3 is 3.16 bits per heavy atom. The van der Waals surface area contributed by atoms with Crippen LogP contribution < -0.4 is 11.1 Å². The predicted octanol–water partition coefficient (Wildman–Crippen LogP) is 1.94. The van der Waals surface area contributed by atoms with Crippen LogP contribution in [0.3, 0.4) is 0 Å². The van der Waals surface area contributed by atoms with E-state index in [2.05, 4.69) is 17.2 Å². The largest absolute Gasteiger partial charge is 0.349 e. The first-order chi connectivity index (χ1) is 9.22. The standard InChI is InChI=1S/C14H21N3OS/c1-2-19-13-4-3-11(8-13)17-14(18)10-5-6-16-12(7-10)9-15/h5-7,11,13H,2-4,8-9,15H2,1H3,(H,17,18). The molecule has 1 aliphatic carbocycles. The maximum absolute atomic E-state index is 12.1. The molecule has 2 unspecified atom stereocenters. The zero-order chi connectivity index (χ0) is 13.7. The molecular weight excluding hydrogens is 258 g/mol. The van der Waals surface area contributed by atoms with E-state index in [9.17, 15) is 4.79 Å². The average molecular weight is 279 g/mol. The smallest absolute Gasteiger partial charge is 0.251 e. The van der Waals surface area contributed by atoms with Crippen LogP contribution in [0.25, 0.3) is 0 Å². The van der Waals surface area contributed by atoms with Gasteiger partial charge in [0.05, 0.1) is 5.69 Å². The monoisotopic (exact) mass is 279 g/mol. The Morgan fingerprint density at radius 2 is 2.42 bits per heavy atom. The highest BCUT2D eigenvalue weighted by molar-refractivity contribution is 7.99. The van der Waals surface area contributed by atoms with Crippen LogP contribution in [0.2, 0.25) is 0 Å². The molecule has 2 rings (SSSR count). The number of pyridine rings is 1. The van der Waals surface area contributed by atoms with Crippen LogP contribution >= 0.6 is 11.8 Å². The van der Waals surface area contributed by atoms with Crippen molar-refractivity contribution in [2.75, 3.05) is 5.75 Å². The predicted molar refractivity (Wildman–Crippen MR) is 79.2 cm³/mol. The Labute approximate surface area is 118 Å². The molecule has 1 fully saturated rings. The average Bonchev–Trinajstić information content (AvgIpc) is 2.86. The van der Waals surface area contributed by atoms with Gasteiger partial charge in [-0.2, -0.15) is 11.8 Å². The van der Waals surface area contributed by atoms with Gasteiger partial charge in [0, 0.05) is 29.6 Å². The van der Waals surface area contributed by atoms with Crippen LogP contribution in [0.1, 0.15) is 42.2 Å². The van der Waals surface area contributed by atoms with Crippen molar-refractivity contribution in [1.82, 2.24) is 10.3 Å². The van der Waals surface area contributed by atoms with E-state index in [0.717, 1.165) is 24.3 Å². The Bertz CT molecular complexity index is 438. The molecule has 1 aromatic heterocycles. The number of nitrogens with one attached hydrogen (secondary N) is 1. The number of nitrogens with two attached hydrogens (primary N) is 1. The summed E-state index contributed by atoms with van der Waals surface area (Å²) in [5.41, 5.74) is 6.94. The number of rotatable bonds is 5. The number of nitrogens with zero attached hydrogens (tertiary/aromatic N) is 1. The number of amides is 1. The van der Waals surface area contributed by atoms with E-state index < -0.39 is 0 Å². The quantitative estimate of drug-likeness (QED) is 0.864. The normalized spacial score (nSPS) is 22.4. The summed E-state index contributed by atoms with van der Waals surface area (Å²) in [7, 11) is 0. The number of hydrogen-bond donors (Lipinski definition) is 2. The van der Waals surface area contributed by atoms with E-state index >= 15 is 0 Å². The van der Waals surface area contributed by atoms with Crippen LogP contribution in [0.5, 0.6) is 0 Å². The summed E-state index contributed by atoms with van der Waals surface area (Å²) >= 11 is 1.99. The van der Waals surface area contributed by atoms with E-state index in [0.29, 0.717) is 23.4 Å². The third kappa shape index (κ3) is 3.94. The molecule has 0 bridgehead atoms. The molecule has 19 heavy (non-hydrogen) atoms. The van der Waals surface area contributed by atoms with Gasteiger partial charge in [-0.15, -0.1) is 0 Å². The van der Waals surface area contributed by atoms with Crippen molar-refractivity contribution in [2.24, 2.45) is 5.73 Å². The van der Waals surface area contributed by atoms with Crippen LogP contribution in [-0.4, -0.2) is 27.9 Å². The molecule has 1 saturated carbocycles. The molecule has 1 aliphatic rings. The van der Waals surface area contributed by atoms with Gasteiger partial charge in [0.2, 0.25) is 0 Å². The molecule has 0 saturated heterocycles. The number of thioether (sulfide) groups is 1. The third-order valence-corrected chi connectivity index (χ3v) is 4.64. The lowest BCUT2D eigenvalue weighted by atomic mass is 10.2. The van der Waals surface area contributed by atoms with Crippen molar-refractivity contribution in [2.45, 2.75) is 44.0 Å². The summed E-state index contributed by atoms with van der Waals surface area (Å²) in [6.45, 7) is 2.54. The van der Waals surface area contributed by atoms with E-state index in [1.54, 1.807) is 18.3 Å². The lowest BCUT2D eigenvalue weighted by Gasteiger charge is -2.13. The van der Waals surface area contributed by atoms with Crippen LogP contribution in [-0.2, 0) is 6.54 Å². The summed E-state index contributed by atoms with van der Waals surface area (Å²) in [6, 6.07) is 3.82. The molecule has 4 nitrogen and oxygen atoms in total. The summed E-state index contributed by atoms with van der Waals surface area (Å²) in [6.07, 6.45) is 5.01. The van der Waals surface area contributed by atoms with E-state index in [1.165, 1.54) is 6.42 Å². The first-order valence-electron chi connectivity index (χ1n) is 6.80. The zero-order valence-corrected chi connectivity index (χ0v) is 12.1. The highest BCUT2D eigenvalue weighted by Crippen LogP contribution is 2.29. The first-order valence-corrected chi connectivity index (χ1v) is 7.85. The fourth-order valence-electron chi connectivity index (χ4n) is 2.46. The molecule has 5 heteroatoms. The molecule has 104 valence electrons. The van der Waals surface area contributed by atoms with Gasteiger partial charge in [-0.3, -0.25) is 9.78 Å². The minimum absolute atomic E-state index is 0.00996. The highest BCUT2D eigenvalue weighted by atomic mass is 32.2. The first kappa shape index (κ1) is 14.3. The molecule has 0 spiro atoms. The van der Waals surface area contributed by atoms with Crippen LogP contribution in [0.4, 0.5) is 0 Å². The number of carbonyl (C=O) groups excluding carboxylic acids is 1. The number of hydrogen-bond acceptors (Lipinski definition) is 4. The van der Waals surface area contributed by atoms with Gasteiger partial charge < -0.3 is 11.1 Å². The molecule has 2 atom stereocenters. The summed E-state index contributed by atoms with van der Waals surface area (Å²) in [4.78, 5) is 16.2. The molecule has 0 aromatic carbocycles. The van der Waals surface area contributed by atoms with Crippen molar-refractivity contribution in [3.8, 4) is 0 Å². The van der Waals surface area contributed by atoms with Crippen molar-refractivity contribution < 1.29 is 4.79 Å². The fourth-order valence-corrected chi connectivity index (χ4v) is 3.60. The van der Waals surface area contributed by atoms with Gasteiger partial charge in [0.15, 0.2) is 0 Å². The van der Waals surface area contributed by atoms with Gasteiger partial charge in [-0.1, -0.05) is 6.92 Å². The van der Waals surface area contributed by atoms with Crippen molar-refractivity contribution in [1.29, 1.82) is 0 Å². The minimum Gasteiger partial charge on any atom is -0.349 e. The molecule has 0 aliphatic heterocycles. The Balaban J connectivity index is 1.90. The van der Waals surface area contributed by atoms with Crippen molar-refractivity contribution in [3.05, 3.63) is 29.6 Å². The molecule has 1 aromatic rings. The molecule has 3 N–H and O–H groups in total. The zero-order valence-electron chi connectivity index (χ0n) is 11.3. The molecule has 1 amide bonds.